The molecule has 3 aromatic carbocycles. The number of anilines is 1. The fourth-order valence-electron chi connectivity index (χ4n) is 2.75. The lowest BCUT2D eigenvalue weighted by atomic mass is 10.0. The minimum Gasteiger partial charge on any atom is -0.496 e. The molecule has 24 heavy (non-hydrogen) atoms. The molecule has 0 fully saturated rings. The van der Waals surface area contributed by atoms with Crippen molar-refractivity contribution in [2.24, 2.45) is 0 Å². The highest BCUT2D eigenvalue weighted by molar-refractivity contribution is 9.10. The molecule has 0 heterocycles. The van der Waals surface area contributed by atoms with E-state index in [1.165, 1.54) is 0 Å². The molecule has 3 nitrogen and oxygen atoms in total. The van der Waals surface area contributed by atoms with Gasteiger partial charge in [-0.1, -0.05) is 35.9 Å². The fourth-order valence-corrected chi connectivity index (χ4v) is 3.57. The zero-order valence-electron chi connectivity index (χ0n) is 13.4. The molecule has 0 saturated heterocycles. The van der Waals surface area contributed by atoms with E-state index in [1.807, 2.05) is 48.5 Å². The zero-order chi connectivity index (χ0) is 17.1. The summed E-state index contributed by atoms with van der Waals surface area (Å²) in [6, 6.07) is 15.7. The predicted molar refractivity (Wildman–Crippen MR) is 104 cm³/mol. The lowest BCUT2D eigenvalue weighted by Crippen LogP contribution is -2.04. The molecular weight excluding hydrogens is 390 g/mol. The Hall–Kier alpha value is -1.91. The van der Waals surface area contributed by atoms with Crippen LogP contribution in [0, 0.1) is 0 Å². The zero-order valence-corrected chi connectivity index (χ0v) is 15.7. The molecule has 5 heteroatoms. The number of methoxy groups -OCH3 is 2. The van der Waals surface area contributed by atoms with Gasteiger partial charge in [0.15, 0.2) is 0 Å². The van der Waals surface area contributed by atoms with E-state index in [0.29, 0.717) is 11.6 Å². The first kappa shape index (κ1) is 16.9. The van der Waals surface area contributed by atoms with Crippen LogP contribution in [0.15, 0.2) is 53.0 Å². The maximum Gasteiger partial charge on any atom is 0.141 e. The van der Waals surface area contributed by atoms with Crippen molar-refractivity contribution in [3.05, 3.63) is 63.6 Å². The Labute approximate surface area is 154 Å². The molecule has 0 atom stereocenters. The molecule has 0 aliphatic rings. The number of hydrogen-bond acceptors (Lipinski definition) is 3. The van der Waals surface area contributed by atoms with Crippen molar-refractivity contribution in [1.82, 2.24) is 0 Å². The third-order valence-corrected chi connectivity index (χ3v) is 4.97. The second kappa shape index (κ2) is 7.32. The van der Waals surface area contributed by atoms with Gasteiger partial charge in [0.1, 0.15) is 11.5 Å². The average molecular weight is 407 g/mol. The summed E-state index contributed by atoms with van der Waals surface area (Å²) in [7, 11) is 3.36. The SMILES string of the molecule is COc1c(Br)c(CNc2ccc(Cl)cc2)c(OC)c2ccccc12. The lowest BCUT2D eigenvalue weighted by molar-refractivity contribution is 0.404. The van der Waals surface area contributed by atoms with E-state index in [9.17, 15) is 0 Å². The Kier molecular flexibility index (Phi) is 5.17. The normalized spacial score (nSPS) is 10.7. The maximum atomic E-state index is 5.93. The van der Waals surface area contributed by atoms with E-state index >= 15 is 0 Å². The summed E-state index contributed by atoms with van der Waals surface area (Å²) in [6.45, 7) is 0.590. The number of rotatable bonds is 5. The van der Waals surface area contributed by atoms with Gasteiger partial charge in [-0.2, -0.15) is 0 Å². The van der Waals surface area contributed by atoms with Gasteiger partial charge in [0.25, 0.3) is 0 Å². The fraction of sp³-hybridized carbons (Fsp3) is 0.158. The van der Waals surface area contributed by atoms with E-state index in [1.54, 1.807) is 14.2 Å². The van der Waals surface area contributed by atoms with Crippen LogP contribution in [0.4, 0.5) is 5.69 Å². The van der Waals surface area contributed by atoms with E-state index in [-0.39, 0.29) is 0 Å². The first-order valence-corrected chi connectivity index (χ1v) is 8.63. The van der Waals surface area contributed by atoms with Crippen molar-refractivity contribution in [1.29, 1.82) is 0 Å². The van der Waals surface area contributed by atoms with Crippen molar-refractivity contribution in [2.45, 2.75) is 6.54 Å². The molecule has 1 N–H and O–H groups in total. The molecule has 3 aromatic rings. The van der Waals surface area contributed by atoms with Crippen LogP contribution in [0.25, 0.3) is 10.8 Å². The number of fused-ring (bicyclic) bond motifs is 1. The van der Waals surface area contributed by atoms with Crippen molar-refractivity contribution < 1.29 is 9.47 Å². The highest BCUT2D eigenvalue weighted by atomic mass is 79.9. The molecule has 0 bridgehead atoms. The van der Waals surface area contributed by atoms with Crippen LogP contribution in [0.2, 0.25) is 5.02 Å². The molecule has 0 aliphatic carbocycles. The van der Waals surface area contributed by atoms with Gasteiger partial charge < -0.3 is 14.8 Å². The van der Waals surface area contributed by atoms with E-state index < -0.39 is 0 Å². The Morgan fingerprint density at radius 3 is 2.08 bits per heavy atom. The standard InChI is InChI=1S/C19H17BrClNO2/c1-23-18-14-5-3-4-6-15(14)19(24-2)17(20)16(18)11-22-13-9-7-12(21)8-10-13/h3-10,22H,11H2,1-2H3. The van der Waals surface area contributed by atoms with Gasteiger partial charge >= 0.3 is 0 Å². The van der Waals surface area contributed by atoms with Crippen molar-refractivity contribution in [2.75, 3.05) is 19.5 Å². The Morgan fingerprint density at radius 2 is 1.50 bits per heavy atom. The van der Waals surface area contributed by atoms with Crippen LogP contribution in [0.3, 0.4) is 0 Å². The highest BCUT2D eigenvalue weighted by Gasteiger charge is 2.18. The summed E-state index contributed by atoms with van der Waals surface area (Å²) < 4.78 is 12.2. The molecule has 124 valence electrons. The Morgan fingerprint density at radius 1 is 0.917 bits per heavy atom. The van der Waals surface area contributed by atoms with Crippen LogP contribution in [0.1, 0.15) is 5.56 Å². The third kappa shape index (κ3) is 3.17. The van der Waals surface area contributed by atoms with Crippen molar-refractivity contribution >= 4 is 44.0 Å². The number of benzene rings is 3. The summed E-state index contributed by atoms with van der Waals surface area (Å²) in [5, 5.41) is 6.14. The second-order valence-corrected chi connectivity index (χ2v) is 6.49. The average Bonchev–Trinajstić information content (AvgIpc) is 2.61. The first-order chi connectivity index (χ1) is 11.7. The Balaban J connectivity index is 2.05. The van der Waals surface area contributed by atoms with Gasteiger partial charge in [-0.15, -0.1) is 0 Å². The van der Waals surface area contributed by atoms with E-state index in [0.717, 1.165) is 38.0 Å². The van der Waals surface area contributed by atoms with Crippen molar-refractivity contribution in [3.63, 3.8) is 0 Å². The van der Waals surface area contributed by atoms with Crippen LogP contribution in [-0.4, -0.2) is 14.2 Å². The number of halogens is 2. The van der Waals surface area contributed by atoms with Gasteiger partial charge in [-0.3, -0.25) is 0 Å². The van der Waals surface area contributed by atoms with Gasteiger partial charge in [-0.25, -0.2) is 0 Å². The topological polar surface area (TPSA) is 30.5 Å². The maximum absolute atomic E-state index is 5.93. The first-order valence-electron chi connectivity index (χ1n) is 7.46. The quantitative estimate of drug-likeness (QED) is 0.573. The third-order valence-electron chi connectivity index (χ3n) is 3.88. The van der Waals surface area contributed by atoms with E-state index in [4.69, 9.17) is 21.1 Å². The molecule has 3 rings (SSSR count). The summed E-state index contributed by atoms with van der Waals surface area (Å²) in [5.74, 6) is 1.64. The number of nitrogens with one attached hydrogen (secondary N) is 1. The smallest absolute Gasteiger partial charge is 0.141 e. The molecule has 0 amide bonds. The summed E-state index contributed by atoms with van der Waals surface area (Å²) >= 11 is 9.61. The highest BCUT2D eigenvalue weighted by Crippen LogP contribution is 2.43. The summed E-state index contributed by atoms with van der Waals surface area (Å²) in [4.78, 5) is 0. The molecule has 0 spiro atoms. The van der Waals surface area contributed by atoms with E-state index in [2.05, 4.69) is 21.2 Å². The number of ether oxygens (including phenoxy) is 2. The molecule has 0 radical (unpaired) electrons. The molecule has 0 unspecified atom stereocenters. The van der Waals surface area contributed by atoms with Gasteiger partial charge in [0.2, 0.25) is 0 Å². The summed E-state index contributed by atoms with van der Waals surface area (Å²) in [5.41, 5.74) is 1.99. The van der Waals surface area contributed by atoms with Crippen LogP contribution in [0.5, 0.6) is 11.5 Å². The van der Waals surface area contributed by atoms with Crippen LogP contribution >= 0.6 is 27.5 Å². The lowest BCUT2D eigenvalue weighted by Gasteiger charge is -2.18. The van der Waals surface area contributed by atoms with Crippen LogP contribution in [-0.2, 0) is 6.54 Å². The van der Waals surface area contributed by atoms with Gasteiger partial charge in [-0.05, 0) is 40.2 Å². The van der Waals surface area contributed by atoms with Gasteiger partial charge in [0.05, 0.1) is 18.7 Å². The Bertz CT molecular complexity index is 865. The largest absolute Gasteiger partial charge is 0.496 e. The van der Waals surface area contributed by atoms with Gasteiger partial charge in [0, 0.05) is 33.6 Å². The molecular formula is C19H17BrClNO2. The van der Waals surface area contributed by atoms with Crippen LogP contribution < -0.4 is 14.8 Å². The second-order valence-electron chi connectivity index (χ2n) is 5.27. The minimum atomic E-state index is 0.590. The molecule has 0 aromatic heterocycles. The number of hydrogen-bond donors (Lipinski definition) is 1. The monoisotopic (exact) mass is 405 g/mol. The molecule has 0 saturated carbocycles. The van der Waals surface area contributed by atoms with Crippen molar-refractivity contribution in [3.8, 4) is 11.5 Å². The molecule has 0 aliphatic heterocycles. The predicted octanol–water partition coefficient (Wildman–Crippen LogP) is 5.89. The summed E-state index contributed by atoms with van der Waals surface area (Å²) in [6.07, 6.45) is 0. The minimum absolute atomic E-state index is 0.590.